The topological polar surface area (TPSA) is 95.9 Å². The average molecular weight is 1110 g/mol. The van der Waals surface area contributed by atoms with Gasteiger partial charge in [-0.05, 0) is 89.9 Å². The van der Waals surface area contributed by atoms with Gasteiger partial charge in [-0.25, -0.2) is 0 Å². The molecule has 1 amide bonds. The number of unbranched alkanes of at least 4 members (excludes halogenated alkanes) is 47. The first kappa shape index (κ1) is 76.8. The lowest BCUT2D eigenvalue weighted by molar-refractivity contribution is -0.143. The van der Waals surface area contributed by atoms with Crippen LogP contribution in [-0.2, 0) is 14.3 Å². The van der Waals surface area contributed by atoms with Crippen molar-refractivity contribution < 1.29 is 24.5 Å². The number of allylic oxidation sites excluding steroid dienone is 8. The molecule has 0 rings (SSSR count). The van der Waals surface area contributed by atoms with Crippen molar-refractivity contribution in [1.29, 1.82) is 0 Å². The molecule has 0 aromatic heterocycles. The second kappa shape index (κ2) is 68.3. The van der Waals surface area contributed by atoms with Crippen LogP contribution in [0.2, 0.25) is 0 Å². The number of aliphatic hydroxyl groups is 2. The lowest BCUT2D eigenvalue weighted by Crippen LogP contribution is -2.45. The maximum Gasteiger partial charge on any atom is 0.305 e. The summed E-state index contributed by atoms with van der Waals surface area (Å²) >= 11 is 0. The van der Waals surface area contributed by atoms with Gasteiger partial charge in [0.1, 0.15) is 0 Å². The molecule has 0 aliphatic heterocycles. The fraction of sp³-hybridized carbons (Fsp3) is 0.863. The van der Waals surface area contributed by atoms with Crippen molar-refractivity contribution in [3.05, 3.63) is 48.6 Å². The Hall–Kier alpha value is -2.18. The van der Waals surface area contributed by atoms with Gasteiger partial charge >= 0.3 is 5.97 Å². The summed E-state index contributed by atoms with van der Waals surface area (Å²) in [5.41, 5.74) is 0. The molecule has 0 aromatic rings. The van der Waals surface area contributed by atoms with Gasteiger partial charge in [0, 0.05) is 12.8 Å². The first-order chi connectivity index (χ1) is 39.0. The number of rotatable bonds is 66. The highest BCUT2D eigenvalue weighted by Crippen LogP contribution is 2.18. The van der Waals surface area contributed by atoms with Gasteiger partial charge in [-0.1, -0.05) is 326 Å². The van der Waals surface area contributed by atoms with E-state index in [0.717, 1.165) is 57.8 Å². The Labute approximate surface area is 493 Å². The highest BCUT2D eigenvalue weighted by Gasteiger charge is 2.20. The molecule has 0 saturated carbocycles. The minimum atomic E-state index is -0.668. The predicted octanol–water partition coefficient (Wildman–Crippen LogP) is 22.9. The Morgan fingerprint density at radius 2 is 0.633 bits per heavy atom. The van der Waals surface area contributed by atoms with Crippen LogP contribution in [-0.4, -0.2) is 47.4 Å². The van der Waals surface area contributed by atoms with Crippen LogP contribution in [0, 0.1) is 0 Å². The van der Waals surface area contributed by atoms with E-state index in [-0.39, 0.29) is 18.5 Å². The van der Waals surface area contributed by atoms with Crippen molar-refractivity contribution in [2.75, 3.05) is 13.2 Å². The third kappa shape index (κ3) is 64.8. The summed E-state index contributed by atoms with van der Waals surface area (Å²) in [5, 5.41) is 23.4. The molecule has 0 aliphatic rings. The summed E-state index contributed by atoms with van der Waals surface area (Å²) in [4.78, 5) is 24.6. The monoisotopic (exact) mass is 1110 g/mol. The van der Waals surface area contributed by atoms with E-state index in [1.165, 1.54) is 289 Å². The number of nitrogens with one attached hydrogen (secondary N) is 1. The molecule has 0 heterocycles. The van der Waals surface area contributed by atoms with E-state index in [0.29, 0.717) is 25.9 Å². The van der Waals surface area contributed by atoms with Crippen molar-refractivity contribution in [3.8, 4) is 0 Å². The molecule has 6 heteroatoms. The first-order valence-corrected chi connectivity index (χ1v) is 35.4. The molecule has 0 spiro atoms. The van der Waals surface area contributed by atoms with Gasteiger partial charge in [0.15, 0.2) is 0 Å². The number of ether oxygens (including phenoxy) is 1. The van der Waals surface area contributed by atoms with E-state index in [9.17, 15) is 19.8 Å². The highest BCUT2D eigenvalue weighted by atomic mass is 16.5. The third-order valence-corrected chi connectivity index (χ3v) is 16.4. The molecule has 0 radical (unpaired) electrons. The maximum absolute atomic E-state index is 12.5. The fourth-order valence-corrected chi connectivity index (χ4v) is 10.9. The van der Waals surface area contributed by atoms with Crippen LogP contribution in [0.15, 0.2) is 48.6 Å². The molecule has 2 atom stereocenters. The Morgan fingerprint density at radius 1 is 0.354 bits per heavy atom. The quantitative estimate of drug-likeness (QED) is 0.0320. The van der Waals surface area contributed by atoms with Crippen molar-refractivity contribution in [2.45, 2.75) is 392 Å². The van der Waals surface area contributed by atoms with Gasteiger partial charge in [0.25, 0.3) is 0 Å². The predicted molar refractivity (Wildman–Crippen MR) is 347 cm³/mol. The molecule has 2 unspecified atom stereocenters. The molecule has 0 bridgehead atoms. The molecule has 0 fully saturated rings. The molecular formula is C73H137NO5. The van der Waals surface area contributed by atoms with Crippen molar-refractivity contribution >= 4 is 11.9 Å². The van der Waals surface area contributed by atoms with Gasteiger partial charge in [0.05, 0.1) is 25.4 Å². The van der Waals surface area contributed by atoms with E-state index in [1.807, 2.05) is 0 Å². The Balaban J connectivity index is 3.42. The van der Waals surface area contributed by atoms with E-state index in [2.05, 4.69) is 67.8 Å². The lowest BCUT2D eigenvalue weighted by atomic mass is 10.0. The summed E-state index contributed by atoms with van der Waals surface area (Å²) < 4.78 is 5.50. The Kier molecular flexibility index (Phi) is 66.4. The Bertz CT molecular complexity index is 1320. The molecule has 0 aromatic carbocycles. The number of esters is 1. The summed E-state index contributed by atoms with van der Waals surface area (Å²) in [5.74, 6) is -0.0322. The van der Waals surface area contributed by atoms with Crippen LogP contribution in [0.3, 0.4) is 0 Å². The maximum atomic E-state index is 12.5. The van der Waals surface area contributed by atoms with Crippen molar-refractivity contribution in [2.24, 2.45) is 0 Å². The number of hydrogen-bond donors (Lipinski definition) is 3. The first-order valence-electron chi connectivity index (χ1n) is 35.4. The molecule has 0 saturated heterocycles. The largest absolute Gasteiger partial charge is 0.466 e. The van der Waals surface area contributed by atoms with Gasteiger partial charge in [0.2, 0.25) is 5.91 Å². The number of carbonyl (C=O) groups excluding carboxylic acids is 2. The van der Waals surface area contributed by atoms with Crippen LogP contribution in [0.1, 0.15) is 380 Å². The lowest BCUT2D eigenvalue weighted by Gasteiger charge is -2.22. The van der Waals surface area contributed by atoms with Crippen LogP contribution in [0.25, 0.3) is 0 Å². The van der Waals surface area contributed by atoms with Crippen LogP contribution in [0.4, 0.5) is 0 Å². The second-order valence-electron chi connectivity index (χ2n) is 24.2. The van der Waals surface area contributed by atoms with E-state index < -0.39 is 12.1 Å². The number of aliphatic hydroxyl groups excluding tert-OH is 2. The summed E-state index contributed by atoms with van der Waals surface area (Å²) in [6.07, 6.45) is 88.6. The zero-order valence-corrected chi connectivity index (χ0v) is 53.1. The average Bonchev–Trinajstić information content (AvgIpc) is 3.45. The SMILES string of the molecule is CCCCCC/C=C\C/C=C\CCCCCCCCCC(=O)OCCCCCCCCCCC/C=C\C/C=C\CCCCCCCCCCCCCC(=O)NC(CO)C(O)CCCCCCCCCCCCCCCCCCC. The summed E-state index contributed by atoms with van der Waals surface area (Å²) in [6.45, 7) is 4.95. The molecule has 79 heavy (non-hydrogen) atoms. The van der Waals surface area contributed by atoms with Crippen LogP contribution < -0.4 is 5.32 Å². The summed E-state index contributed by atoms with van der Waals surface area (Å²) in [7, 11) is 0. The highest BCUT2D eigenvalue weighted by molar-refractivity contribution is 5.76. The molecule has 3 N–H and O–H groups in total. The number of carbonyl (C=O) groups is 2. The normalized spacial score (nSPS) is 12.8. The zero-order valence-electron chi connectivity index (χ0n) is 53.1. The molecule has 0 aliphatic carbocycles. The zero-order chi connectivity index (χ0) is 57.1. The second-order valence-corrected chi connectivity index (χ2v) is 24.2. The number of amides is 1. The third-order valence-electron chi connectivity index (χ3n) is 16.4. The van der Waals surface area contributed by atoms with E-state index in [1.54, 1.807) is 0 Å². The van der Waals surface area contributed by atoms with Crippen molar-refractivity contribution in [1.82, 2.24) is 5.32 Å². The molecule has 6 nitrogen and oxygen atoms in total. The number of hydrogen-bond acceptors (Lipinski definition) is 5. The molecular weight excluding hydrogens is 971 g/mol. The molecule has 464 valence electrons. The minimum absolute atomic E-state index is 0.00352. The van der Waals surface area contributed by atoms with Crippen LogP contribution >= 0.6 is 0 Å². The van der Waals surface area contributed by atoms with E-state index in [4.69, 9.17) is 4.74 Å². The van der Waals surface area contributed by atoms with E-state index >= 15 is 0 Å². The van der Waals surface area contributed by atoms with Crippen molar-refractivity contribution in [3.63, 3.8) is 0 Å². The van der Waals surface area contributed by atoms with Crippen LogP contribution in [0.5, 0.6) is 0 Å². The standard InChI is InChI=1S/C73H137NO5/c1-3-5-7-9-11-13-15-17-19-21-35-39-43-47-51-55-59-63-67-73(78)79-68-64-60-56-52-48-44-40-36-32-30-28-26-24-22-23-25-27-29-31-34-38-42-46-50-54-58-62-66-72(77)74-70(69-75)71(76)65-61-57-53-49-45-41-37-33-20-18-16-14-12-10-8-6-4-2/h13,15,19,21-23,26,28,70-71,75-76H,3-12,14,16-18,20,24-25,27,29-69H2,1-2H3,(H,74,77)/b15-13-,21-19-,23-22-,28-26-. The van der Waals surface area contributed by atoms with Gasteiger partial charge < -0.3 is 20.3 Å². The summed E-state index contributed by atoms with van der Waals surface area (Å²) in [6, 6.07) is -0.545. The Morgan fingerprint density at radius 3 is 0.975 bits per heavy atom. The van der Waals surface area contributed by atoms with Gasteiger partial charge in [-0.2, -0.15) is 0 Å². The smallest absolute Gasteiger partial charge is 0.305 e. The fourth-order valence-electron chi connectivity index (χ4n) is 10.9. The van der Waals surface area contributed by atoms with Gasteiger partial charge in [-0.15, -0.1) is 0 Å². The van der Waals surface area contributed by atoms with Gasteiger partial charge in [-0.3, -0.25) is 9.59 Å². The minimum Gasteiger partial charge on any atom is -0.466 e.